The normalized spacial score (nSPS) is 20.4. The average molecular weight is 617 g/mol. The summed E-state index contributed by atoms with van der Waals surface area (Å²) >= 11 is 6.47. The van der Waals surface area contributed by atoms with Gasteiger partial charge in [0.05, 0.1) is 17.0 Å². The number of halogens is 3. The monoisotopic (exact) mass is 616 g/mol. The second-order valence-electron chi connectivity index (χ2n) is 10.8. The number of ketones is 1. The van der Waals surface area contributed by atoms with Gasteiger partial charge < -0.3 is 19.7 Å². The molecule has 224 valence electrons. The van der Waals surface area contributed by atoms with Gasteiger partial charge in [0.15, 0.2) is 17.3 Å². The van der Waals surface area contributed by atoms with Gasteiger partial charge in [0.1, 0.15) is 17.7 Å². The number of nitrogens with one attached hydrogen (secondary N) is 1. The molecule has 0 aliphatic carbocycles. The average Bonchev–Trinajstić information content (AvgIpc) is 3.62. The summed E-state index contributed by atoms with van der Waals surface area (Å²) in [4.78, 5) is 44.0. The summed E-state index contributed by atoms with van der Waals surface area (Å²) in [6.45, 7) is 1.84. The van der Waals surface area contributed by atoms with E-state index in [0.29, 0.717) is 22.6 Å². The molecule has 4 atom stereocenters. The van der Waals surface area contributed by atoms with Crippen molar-refractivity contribution in [1.82, 2.24) is 10.2 Å². The summed E-state index contributed by atoms with van der Waals surface area (Å²) in [6, 6.07) is 20.4. The summed E-state index contributed by atoms with van der Waals surface area (Å²) < 4.78 is 38.4. The second kappa shape index (κ2) is 12.1. The Bertz CT molecular complexity index is 1730. The molecular weight excluding hydrogens is 590 g/mol. The topological polar surface area (TPSA) is 84.9 Å². The quantitative estimate of drug-likeness (QED) is 0.244. The predicted octanol–water partition coefficient (Wildman–Crippen LogP) is 6.36. The van der Waals surface area contributed by atoms with Gasteiger partial charge in [-0.2, -0.15) is 0 Å². The van der Waals surface area contributed by atoms with Crippen LogP contribution in [0.4, 0.5) is 8.78 Å². The van der Waals surface area contributed by atoms with Crippen molar-refractivity contribution >= 4 is 29.2 Å². The molecule has 2 amide bonds. The lowest BCUT2D eigenvalue weighted by Gasteiger charge is -2.32. The molecule has 0 radical (unpaired) electrons. The first-order valence-corrected chi connectivity index (χ1v) is 14.4. The molecule has 0 spiro atoms. The van der Waals surface area contributed by atoms with Crippen LogP contribution in [0.5, 0.6) is 11.5 Å². The largest absolute Gasteiger partial charge is 0.454 e. The van der Waals surface area contributed by atoms with Gasteiger partial charge in [0.25, 0.3) is 5.91 Å². The van der Waals surface area contributed by atoms with Crippen LogP contribution in [0, 0.1) is 23.5 Å². The van der Waals surface area contributed by atoms with E-state index in [4.69, 9.17) is 21.1 Å². The van der Waals surface area contributed by atoms with E-state index in [-0.39, 0.29) is 35.3 Å². The van der Waals surface area contributed by atoms with Crippen molar-refractivity contribution in [2.75, 3.05) is 6.79 Å². The van der Waals surface area contributed by atoms with Crippen molar-refractivity contribution in [2.24, 2.45) is 11.8 Å². The van der Waals surface area contributed by atoms with Gasteiger partial charge in [-0.25, -0.2) is 8.78 Å². The van der Waals surface area contributed by atoms with Crippen molar-refractivity contribution in [2.45, 2.75) is 25.6 Å². The van der Waals surface area contributed by atoms with Crippen LogP contribution in [0.3, 0.4) is 0 Å². The first-order valence-electron chi connectivity index (χ1n) is 14.0. The third-order valence-corrected chi connectivity index (χ3v) is 8.49. The number of amides is 2. The summed E-state index contributed by atoms with van der Waals surface area (Å²) in [6.07, 6.45) is 0. The molecule has 1 N–H and O–H groups in total. The Hall–Kier alpha value is -4.76. The van der Waals surface area contributed by atoms with Gasteiger partial charge in [-0.1, -0.05) is 48.9 Å². The van der Waals surface area contributed by atoms with E-state index >= 15 is 0 Å². The number of rotatable bonds is 7. The van der Waals surface area contributed by atoms with E-state index in [1.54, 1.807) is 61.5 Å². The standard InChI is InChI=1S/C34H27ClF2N2O5/c1-19-29(32(40)25-4-2-3-5-26(25)35)31(22-10-15-27-28(16-22)44-18-43-27)39(34(42)21-8-13-24(37)14-9-21)30(19)33(41)38-17-20-6-11-23(36)12-7-20/h2-16,19,29-31H,17-18H2,1H3,(H,38,41). The molecule has 44 heavy (non-hydrogen) atoms. The van der Waals surface area contributed by atoms with Crippen LogP contribution in [0.15, 0.2) is 91.0 Å². The maximum Gasteiger partial charge on any atom is 0.255 e. The Morgan fingerprint density at radius 3 is 2.25 bits per heavy atom. The molecule has 2 aliphatic rings. The van der Waals surface area contributed by atoms with E-state index in [0.717, 1.165) is 12.1 Å². The molecule has 7 nitrogen and oxygen atoms in total. The van der Waals surface area contributed by atoms with Crippen LogP contribution in [0.1, 0.15) is 44.8 Å². The lowest BCUT2D eigenvalue weighted by atomic mass is 9.80. The summed E-state index contributed by atoms with van der Waals surface area (Å²) in [7, 11) is 0. The lowest BCUT2D eigenvalue weighted by Crippen LogP contribution is -2.48. The van der Waals surface area contributed by atoms with Crippen LogP contribution < -0.4 is 14.8 Å². The number of carbonyl (C=O) groups is 3. The zero-order valence-corrected chi connectivity index (χ0v) is 24.3. The first kappa shape index (κ1) is 29.3. The predicted molar refractivity (Wildman–Crippen MR) is 158 cm³/mol. The maximum atomic E-state index is 14.3. The molecular formula is C34H27ClF2N2O5. The number of Topliss-reactive ketones (excluding diaryl/α,β-unsaturated/α-hetero) is 1. The molecule has 10 heteroatoms. The van der Waals surface area contributed by atoms with E-state index in [9.17, 15) is 23.2 Å². The number of carbonyl (C=O) groups excluding carboxylic acids is 3. The highest BCUT2D eigenvalue weighted by Crippen LogP contribution is 2.49. The van der Waals surface area contributed by atoms with Gasteiger partial charge in [0.2, 0.25) is 12.7 Å². The third-order valence-electron chi connectivity index (χ3n) is 8.16. The maximum absolute atomic E-state index is 14.3. The van der Waals surface area contributed by atoms with Crippen LogP contribution in [-0.4, -0.2) is 35.3 Å². The zero-order valence-electron chi connectivity index (χ0n) is 23.5. The van der Waals surface area contributed by atoms with Crippen molar-refractivity contribution in [1.29, 1.82) is 0 Å². The molecule has 0 aromatic heterocycles. The lowest BCUT2D eigenvalue weighted by molar-refractivity contribution is -0.126. The smallest absolute Gasteiger partial charge is 0.255 e. The SMILES string of the molecule is CC1C(C(=O)c2ccccc2Cl)C(c2ccc3c(c2)OCO3)N(C(=O)c2ccc(F)cc2)C1C(=O)NCc1ccc(F)cc1. The number of hydrogen-bond donors (Lipinski definition) is 1. The van der Waals surface area contributed by atoms with Gasteiger partial charge in [-0.3, -0.25) is 14.4 Å². The zero-order chi connectivity index (χ0) is 31.0. The van der Waals surface area contributed by atoms with Gasteiger partial charge in [-0.15, -0.1) is 0 Å². The number of ether oxygens (including phenoxy) is 2. The molecule has 4 aromatic rings. The number of likely N-dealkylation sites (tertiary alicyclic amines) is 1. The Kier molecular flexibility index (Phi) is 8.05. The summed E-state index contributed by atoms with van der Waals surface area (Å²) in [5, 5.41) is 3.11. The summed E-state index contributed by atoms with van der Waals surface area (Å²) in [5.74, 6) is -2.97. The van der Waals surface area contributed by atoms with Crippen LogP contribution in [-0.2, 0) is 11.3 Å². The van der Waals surface area contributed by atoms with Crippen molar-refractivity contribution < 1.29 is 32.6 Å². The fourth-order valence-electron chi connectivity index (χ4n) is 6.03. The number of hydrogen-bond acceptors (Lipinski definition) is 5. The van der Waals surface area contributed by atoms with E-state index in [2.05, 4.69) is 5.32 Å². The number of nitrogens with zero attached hydrogens (tertiary/aromatic N) is 1. The molecule has 6 rings (SSSR count). The minimum Gasteiger partial charge on any atom is -0.454 e. The fraction of sp³-hybridized carbons (Fsp3) is 0.206. The van der Waals surface area contributed by atoms with Gasteiger partial charge >= 0.3 is 0 Å². The molecule has 1 fully saturated rings. The second-order valence-corrected chi connectivity index (χ2v) is 11.2. The van der Waals surface area contributed by atoms with E-state index in [1.807, 2.05) is 0 Å². The third kappa shape index (κ3) is 5.51. The van der Waals surface area contributed by atoms with Crippen LogP contribution in [0.25, 0.3) is 0 Å². The first-order chi connectivity index (χ1) is 21.2. The minimum atomic E-state index is -1.11. The Labute approximate surface area is 257 Å². The Morgan fingerprint density at radius 2 is 1.55 bits per heavy atom. The molecule has 0 saturated carbocycles. The van der Waals surface area contributed by atoms with Crippen molar-refractivity contribution in [3.05, 3.63) is 130 Å². The fourth-order valence-corrected chi connectivity index (χ4v) is 6.26. The molecule has 4 aromatic carbocycles. The number of benzene rings is 4. The van der Waals surface area contributed by atoms with Crippen molar-refractivity contribution in [3.63, 3.8) is 0 Å². The van der Waals surface area contributed by atoms with E-state index < -0.39 is 47.4 Å². The van der Waals surface area contributed by atoms with Crippen LogP contribution in [0.2, 0.25) is 5.02 Å². The van der Waals surface area contributed by atoms with Gasteiger partial charge in [0, 0.05) is 17.7 Å². The molecule has 2 aliphatic heterocycles. The van der Waals surface area contributed by atoms with Crippen LogP contribution >= 0.6 is 11.6 Å². The Balaban J connectivity index is 1.46. The highest BCUT2D eigenvalue weighted by atomic mass is 35.5. The van der Waals surface area contributed by atoms with Crippen molar-refractivity contribution in [3.8, 4) is 11.5 Å². The highest BCUT2D eigenvalue weighted by Gasteiger charge is 2.55. The molecule has 0 bridgehead atoms. The Morgan fingerprint density at radius 1 is 0.886 bits per heavy atom. The molecule has 4 unspecified atom stereocenters. The number of fused-ring (bicyclic) bond motifs is 1. The summed E-state index contributed by atoms with van der Waals surface area (Å²) in [5.41, 5.74) is 1.61. The van der Waals surface area contributed by atoms with Gasteiger partial charge in [-0.05, 0) is 77.7 Å². The highest BCUT2D eigenvalue weighted by molar-refractivity contribution is 6.34. The molecule has 1 saturated heterocycles. The van der Waals surface area contributed by atoms with E-state index in [1.165, 1.54) is 29.2 Å². The molecule has 2 heterocycles. The minimum absolute atomic E-state index is 0.0223.